The summed E-state index contributed by atoms with van der Waals surface area (Å²) in [6.07, 6.45) is 0. The van der Waals surface area contributed by atoms with Crippen LogP contribution in [-0.4, -0.2) is 14.2 Å². The molecule has 0 bridgehead atoms. The van der Waals surface area contributed by atoms with Crippen LogP contribution in [0.1, 0.15) is 0 Å². The second kappa shape index (κ2) is 5.06. The number of fused-ring (bicyclic) bond motifs is 1. The molecule has 0 fully saturated rings. The van der Waals surface area contributed by atoms with Gasteiger partial charge in [0.25, 0.3) is 0 Å². The normalized spacial score (nSPS) is 10.7. The Labute approximate surface area is 121 Å². The number of anilines is 1. The molecule has 0 atom stereocenters. The molecule has 0 aliphatic heterocycles. The lowest BCUT2D eigenvalue weighted by atomic mass is 10.1. The second-order valence-corrected chi connectivity index (χ2v) is 5.55. The van der Waals surface area contributed by atoms with Gasteiger partial charge in [0.2, 0.25) is 0 Å². The molecule has 0 saturated carbocycles. The number of nitrogens with two attached hydrogens (primary N) is 1. The van der Waals surface area contributed by atoms with E-state index in [9.17, 15) is 0 Å². The van der Waals surface area contributed by atoms with E-state index in [0.29, 0.717) is 0 Å². The molecule has 0 radical (unpaired) electrons. The van der Waals surface area contributed by atoms with Gasteiger partial charge < -0.3 is 15.2 Å². The molecule has 2 aromatic carbocycles. The summed E-state index contributed by atoms with van der Waals surface area (Å²) in [7, 11) is 3.32. The van der Waals surface area contributed by atoms with Crippen LogP contribution in [-0.2, 0) is 0 Å². The zero-order valence-corrected chi connectivity index (χ0v) is 12.2. The van der Waals surface area contributed by atoms with Gasteiger partial charge >= 0.3 is 0 Å². The Morgan fingerprint density at radius 3 is 2.30 bits per heavy atom. The van der Waals surface area contributed by atoms with E-state index >= 15 is 0 Å². The molecule has 0 aliphatic rings. The Morgan fingerprint density at radius 1 is 0.900 bits per heavy atom. The summed E-state index contributed by atoms with van der Waals surface area (Å²) in [4.78, 5) is 1.15. The number of hydrogen-bond acceptors (Lipinski definition) is 4. The summed E-state index contributed by atoms with van der Waals surface area (Å²) >= 11 is 1.72. The van der Waals surface area contributed by atoms with Gasteiger partial charge in [0.1, 0.15) is 11.5 Å². The van der Waals surface area contributed by atoms with Crippen LogP contribution in [0.3, 0.4) is 0 Å². The van der Waals surface area contributed by atoms with Gasteiger partial charge in [-0.05, 0) is 41.8 Å². The van der Waals surface area contributed by atoms with E-state index in [1.165, 1.54) is 10.1 Å². The monoisotopic (exact) mass is 285 g/mol. The summed E-state index contributed by atoms with van der Waals surface area (Å²) < 4.78 is 11.7. The summed E-state index contributed by atoms with van der Waals surface area (Å²) in [6, 6.07) is 14.0. The van der Waals surface area contributed by atoms with Crippen molar-refractivity contribution in [2.75, 3.05) is 20.0 Å². The molecule has 0 aliphatic carbocycles. The Kier molecular flexibility index (Phi) is 3.24. The number of rotatable bonds is 3. The molecule has 0 spiro atoms. The minimum absolute atomic E-state index is 0.725. The van der Waals surface area contributed by atoms with E-state index in [4.69, 9.17) is 15.2 Å². The van der Waals surface area contributed by atoms with Crippen molar-refractivity contribution in [3.63, 3.8) is 0 Å². The largest absolute Gasteiger partial charge is 0.497 e. The average Bonchev–Trinajstić information content (AvgIpc) is 2.89. The van der Waals surface area contributed by atoms with Gasteiger partial charge in [-0.25, -0.2) is 0 Å². The average molecular weight is 285 g/mol. The van der Waals surface area contributed by atoms with Gasteiger partial charge in [-0.1, -0.05) is 0 Å². The number of benzene rings is 2. The van der Waals surface area contributed by atoms with Gasteiger partial charge in [0.05, 0.1) is 14.2 Å². The molecule has 3 rings (SSSR count). The fourth-order valence-corrected chi connectivity index (χ4v) is 3.26. The molecule has 1 aromatic heterocycles. The molecular weight excluding hydrogens is 270 g/mol. The lowest BCUT2D eigenvalue weighted by molar-refractivity contribution is 0.415. The van der Waals surface area contributed by atoms with Gasteiger partial charge in [-0.3, -0.25) is 0 Å². The first-order chi connectivity index (χ1) is 9.71. The molecule has 102 valence electrons. The van der Waals surface area contributed by atoms with Gasteiger partial charge in [-0.15, -0.1) is 11.3 Å². The maximum Gasteiger partial charge on any atom is 0.120 e. The third-order valence-electron chi connectivity index (χ3n) is 3.25. The van der Waals surface area contributed by atoms with Crippen molar-refractivity contribution < 1.29 is 9.47 Å². The van der Waals surface area contributed by atoms with E-state index in [-0.39, 0.29) is 0 Å². The molecule has 0 saturated heterocycles. The standard InChI is InChI=1S/C16H15NO2S/c1-18-11-4-6-15-10(7-11)8-16(20-15)13-5-3-12(19-2)9-14(13)17/h3-9H,17H2,1-2H3. The number of hydrogen-bond donors (Lipinski definition) is 1. The quantitative estimate of drug-likeness (QED) is 0.735. The smallest absolute Gasteiger partial charge is 0.120 e. The molecule has 1 heterocycles. The van der Waals surface area contributed by atoms with Crippen molar-refractivity contribution in [3.8, 4) is 21.9 Å². The fraction of sp³-hybridized carbons (Fsp3) is 0.125. The highest BCUT2D eigenvalue weighted by atomic mass is 32.1. The third kappa shape index (κ3) is 2.18. The second-order valence-electron chi connectivity index (χ2n) is 4.47. The van der Waals surface area contributed by atoms with Crippen molar-refractivity contribution in [2.24, 2.45) is 0 Å². The first-order valence-corrected chi connectivity index (χ1v) is 7.04. The molecule has 2 N–H and O–H groups in total. The van der Waals surface area contributed by atoms with Gasteiger partial charge in [0.15, 0.2) is 0 Å². The summed E-state index contributed by atoms with van der Waals surface area (Å²) in [5, 5.41) is 1.17. The fourth-order valence-electron chi connectivity index (χ4n) is 2.17. The first kappa shape index (κ1) is 12.8. The molecule has 3 aromatic rings. The van der Waals surface area contributed by atoms with Crippen molar-refractivity contribution in [1.29, 1.82) is 0 Å². The topological polar surface area (TPSA) is 44.5 Å². The van der Waals surface area contributed by atoms with Crippen LogP contribution in [0.4, 0.5) is 5.69 Å². The van der Waals surface area contributed by atoms with Crippen molar-refractivity contribution in [2.45, 2.75) is 0 Å². The molecule has 3 nitrogen and oxygen atoms in total. The van der Waals surface area contributed by atoms with Crippen molar-refractivity contribution in [3.05, 3.63) is 42.5 Å². The highest BCUT2D eigenvalue weighted by Gasteiger charge is 2.09. The molecule has 0 amide bonds. The van der Waals surface area contributed by atoms with Gasteiger partial charge in [-0.2, -0.15) is 0 Å². The highest BCUT2D eigenvalue weighted by Crippen LogP contribution is 2.38. The minimum atomic E-state index is 0.725. The molecule has 4 heteroatoms. The zero-order chi connectivity index (χ0) is 14.1. The van der Waals surface area contributed by atoms with Gasteiger partial charge in [0, 0.05) is 26.9 Å². The predicted octanol–water partition coefficient (Wildman–Crippen LogP) is 4.17. The van der Waals surface area contributed by atoms with Crippen LogP contribution >= 0.6 is 11.3 Å². The van der Waals surface area contributed by atoms with Crippen LogP contribution in [0.2, 0.25) is 0 Å². The van der Waals surface area contributed by atoms with E-state index in [0.717, 1.165) is 27.6 Å². The maximum atomic E-state index is 6.11. The summed E-state index contributed by atoms with van der Waals surface area (Å²) in [6.45, 7) is 0. The number of methoxy groups -OCH3 is 2. The highest BCUT2D eigenvalue weighted by molar-refractivity contribution is 7.22. The predicted molar refractivity (Wildman–Crippen MR) is 84.8 cm³/mol. The number of thiophene rings is 1. The van der Waals surface area contributed by atoms with E-state index in [2.05, 4.69) is 12.1 Å². The lowest BCUT2D eigenvalue weighted by Crippen LogP contribution is -1.90. The zero-order valence-electron chi connectivity index (χ0n) is 11.3. The molecule has 20 heavy (non-hydrogen) atoms. The van der Waals surface area contributed by atoms with Crippen molar-refractivity contribution in [1.82, 2.24) is 0 Å². The third-order valence-corrected chi connectivity index (χ3v) is 4.40. The van der Waals surface area contributed by atoms with Crippen molar-refractivity contribution >= 4 is 27.1 Å². The van der Waals surface area contributed by atoms with E-state index in [1.807, 2.05) is 30.3 Å². The van der Waals surface area contributed by atoms with Crippen LogP contribution in [0.25, 0.3) is 20.5 Å². The van der Waals surface area contributed by atoms with Crippen LogP contribution < -0.4 is 15.2 Å². The summed E-state index contributed by atoms with van der Waals surface area (Å²) in [5.41, 5.74) is 7.87. The SMILES string of the molecule is COc1ccc(-c2cc3cc(OC)ccc3s2)c(N)c1. The van der Waals surface area contributed by atoms with Crippen LogP contribution in [0.15, 0.2) is 42.5 Å². The first-order valence-electron chi connectivity index (χ1n) is 6.23. The van der Waals surface area contributed by atoms with E-state index < -0.39 is 0 Å². The minimum Gasteiger partial charge on any atom is -0.497 e. The molecular formula is C16H15NO2S. The summed E-state index contributed by atoms with van der Waals surface area (Å²) in [5.74, 6) is 1.64. The maximum absolute atomic E-state index is 6.11. The Bertz CT molecular complexity index is 764. The Morgan fingerprint density at radius 2 is 1.60 bits per heavy atom. The number of nitrogen functional groups attached to an aromatic ring is 1. The van der Waals surface area contributed by atoms with E-state index in [1.54, 1.807) is 25.6 Å². The molecule has 0 unspecified atom stereocenters. The van der Waals surface area contributed by atoms with Crippen LogP contribution in [0.5, 0.6) is 11.5 Å². The number of ether oxygens (including phenoxy) is 2. The Hall–Kier alpha value is -2.20. The Balaban J connectivity index is 2.10. The lowest BCUT2D eigenvalue weighted by Gasteiger charge is -2.05. The van der Waals surface area contributed by atoms with Crippen LogP contribution in [0, 0.1) is 0 Å².